The van der Waals surface area contributed by atoms with E-state index in [0.29, 0.717) is 30.5 Å². The Bertz CT molecular complexity index is 630. The monoisotopic (exact) mass is 270 g/mol. The van der Waals surface area contributed by atoms with E-state index in [1.54, 1.807) is 6.20 Å². The maximum absolute atomic E-state index is 11.8. The summed E-state index contributed by atoms with van der Waals surface area (Å²) >= 11 is 0. The number of amides is 1. The minimum atomic E-state index is 0.169. The molecule has 2 aromatic rings. The first-order valence-electron chi connectivity index (χ1n) is 6.85. The van der Waals surface area contributed by atoms with Gasteiger partial charge in [-0.1, -0.05) is 11.2 Å². The first-order chi connectivity index (χ1) is 9.81. The van der Waals surface area contributed by atoms with Gasteiger partial charge in [-0.2, -0.15) is 4.98 Å². The lowest BCUT2D eigenvalue weighted by atomic mass is 9.99. The number of carbonyl (C=O) groups excluding carboxylic acids is 1. The van der Waals surface area contributed by atoms with Crippen LogP contribution in [0.25, 0.3) is 11.5 Å². The molecule has 0 radical (unpaired) electrons. The van der Waals surface area contributed by atoms with Gasteiger partial charge in [0.15, 0.2) is 0 Å². The highest BCUT2D eigenvalue weighted by atomic mass is 16.5. The number of nitrogens with zero attached hydrogens (tertiary/aromatic N) is 4. The molecule has 4 rings (SSSR count). The van der Waals surface area contributed by atoms with Gasteiger partial charge in [0.05, 0.1) is 5.92 Å². The van der Waals surface area contributed by atoms with E-state index >= 15 is 0 Å². The third-order valence-electron chi connectivity index (χ3n) is 3.80. The summed E-state index contributed by atoms with van der Waals surface area (Å²) in [5.41, 5.74) is 0.702. The normalized spacial score (nSPS) is 18.9. The van der Waals surface area contributed by atoms with Gasteiger partial charge in [-0.3, -0.25) is 9.78 Å². The molecule has 2 aliphatic rings. The topological polar surface area (TPSA) is 72.1 Å². The molecule has 20 heavy (non-hydrogen) atoms. The summed E-state index contributed by atoms with van der Waals surface area (Å²) in [6.07, 6.45) is 3.79. The molecule has 0 atom stereocenters. The van der Waals surface area contributed by atoms with Crippen LogP contribution in [0, 0.1) is 5.92 Å². The first-order valence-corrected chi connectivity index (χ1v) is 6.85. The molecule has 2 aromatic heterocycles. The Morgan fingerprint density at radius 3 is 2.85 bits per heavy atom. The number of hydrogen-bond acceptors (Lipinski definition) is 5. The molecule has 3 heterocycles. The Labute approximate surface area is 115 Å². The minimum absolute atomic E-state index is 0.169. The minimum Gasteiger partial charge on any atom is -0.341 e. The second kappa shape index (κ2) is 4.40. The van der Waals surface area contributed by atoms with Gasteiger partial charge in [-0.05, 0) is 25.0 Å². The summed E-state index contributed by atoms with van der Waals surface area (Å²) < 4.78 is 5.29. The zero-order valence-corrected chi connectivity index (χ0v) is 10.9. The number of hydrogen-bond donors (Lipinski definition) is 0. The highest BCUT2D eigenvalue weighted by molar-refractivity contribution is 5.81. The summed E-state index contributed by atoms with van der Waals surface area (Å²) in [6, 6.07) is 5.58. The van der Waals surface area contributed by atoms with Crippen molar-refractivity contribution in [2.75, 3.05) is 13.1 Å². The second-order valence-corrected chi connectivity index (χ2v) is 5.39. The Kier molecular flexibility index (Phi) is 2.55. The fraction of sp³-hybridized carbons (Fsp3) is 0.429. The molecule has 1 amide bonds. The van der Waals surface area contributed by atoms with Crippen LogP contribution < -0.4 is 0 Å². The van der Waals surface area contributed by atoms with E-state index in [1.165, 1.54) is 0 Å². The molecule has 0 unspecified atom stereocenters. The van der Waals surface area contributed by atoms with E-state index in [-0.39, 0.29) is 17.7 Å². The van der Waals surface area contributed by atoms with Crippen LogP contribution in [0.4, 0.5) is 0 Å². The van der Waals surface area contributed by atoms with Crippen LogP contribution in [0.15, 0.2) is 28.9 Å². The highest BCUT2D eigenvalue weighted by Gasteiger charge is 2.41. The summed E-state index contributed by atoms with van der Waals surface area (Å²) in [6.45, 7) is 1.39. The van der Waals surface area contributed by atoms with E-state index in [2.05, 4.69) is 15.1 Å². The average Bonchev–Trinajstić information content (AvgIpc) is 3.17. The van der Waals surface area contributed by atoms with Gasteiger partial charge in [0.1, 0.15) is 5.69 Å². The van der Waals surface area contributed by atoms with Gasteiger partial charge in [0.25, 0.3) is 0 Å². The molecule has 6 nitrogen and oxygen atoms in total. The quantitative estimate of drug-likeness (QED) is 0.844. The fourth-order valence-corrected chi connectivity index (χ4v) is 2.40. The van der Waals surface area contributed by atoms with E-state index in [1.807, 2.05) is 23.1 Å². The van der Waals surface area contributed by atoms with Crippen molar-refractivity contribution in [1.29, 1.82) is 0 Å². The second-order valence-electron chi connectivity index (χ2n) is 5.39. The lowest BCUT2D eigenvalue weighted by molar-refractivity contribution is -0.137. The van der Waals surface area contributed by atoms with E-state index < -0.39 is 0 Å². The Morgan fingerprint density at radius 2 is 2.15 bits per heavy atom. The van der Waals surface area contributed by atoms with E-state index in [0.717, 1.165) is 12.8 Å². The van der Waals surface area contributed by atoms with Crippen molar-refractivity contribution in [3.8, 4) is 11.5 Å². The van der Waals surface area contributed by atoms with Gasteiger partial charge < -0.3 is 9.42 Å². The summed E-state index contributed by atoms with van der Waals surface area (Å²) in [5, 5.41) is 3.95. The third kappa shape index (κ3) is 1.97. The van der Waals surface area contributed by atoms with Gasteiger partial charge in [0.2, 0.25) is 17.6 Å². The van der Waals surface area contributed by atoms with Crippen molar-refractivity contribution < 1.29 is 9.32 Å². The van der Waals surface area contributed by atoms with Crippen LogP contribution in [-0.4, -0.2) is 39.0 Å². The number of pyridine rings is 1. The maximum Gasteiger partial charge on any atom is 0.233 e. The zero-order valence-electron chi connectivity index (χ0n) is 10.9. The van der Waals surface area contributed by atoms with Crippen LogP contribution in [0.3, 0.4) is 0 Å². The Balaban J connectivity index is 1.43. The van der Waals surface area contributed by atoms with Crippen LogP contribution in [0.1, 0.15) is 24.7 Å². The Hall–Kier alpha value is -2.24. The van der Waals surface area contributed by atoms with Crippen LogP contribution in [0.5, 0.6) is 0 Å². The molecule has 1 aliphatic heterocycles. The van der Waals surface area contributed by atoms with Gasteiger partial charge in [-0.15, -0.1) is 0 Å². The molecule has 0 bridgehead atoms. The van der Waals surface area contributed by atoms with Gasteiger partial charge >= 0.3 is 0 Å². The molecular formula is C14H14N4O2. The first kappa shape index (κ1) is 11.6. The fourth-order valence-electron chi connectivity index (χ4n) is 2.40. The number of aromatic nitrogens is 3. The molecule has 0 N–H and O–H groups in total. The summed E-state index contributed by atoms with van der Waals surface area (Å²) in [4.78, 5) is 22.3. The van der Waals surface area contributed by atoms with Gasteiger partial charge in [-0.25, -0.2) is 0 Å². The van der Waals surface area contributed by atoms with Crippen molar-refractivity contribution in [2.45, 2.75) is 18.8 Å². The van der Waals surface area contributed by atoms with E-state index in [4.69, 9.17) is 4.52 Å². The molecule has 0 spiro atoms. The average molecular weight is 270 g/mol. The van der Waals surface area contributed by atoms with Crippen molar-refractivity contribution in [3.63, 3.8) is 0 Å². The molecule has 2 fully saturated rings. The Morgan fingerprint density at radius 1 is 1.30 bits per heavy atom. The lowest BCUT2D eigenvalue weighted by Gasteiger charge is -2.37. The van der Waals surface area contributed by atoms with Crippen molar-refractivity contribution in [2.24, 2.45) is 5.92 Å². The smallest absolute Gasteiger partial charge is 0.233 e. The molecule has 102 valence electrons. The van der Waals surface area contributed by atoms with Crippen molar-refractivity contribution in [3.05, 3.63) is 30.3 Å². The van der Waals surface area contributed by atoms with Crippen LogP contribution in [-0.2, 0) is 4.79 Å². The summed E-state index contributed by atoms with van der Waals surface area (Å²) in [5.74, 6) is 1.84. The van der Waals surface area contributed by atoms with E-state index in [9.17, 15) is 4.79 Å². The molecule has 0 aromatic carbocycles. The number of carbonyl (C=O) groups is 1. The number of rotatable bonds is 3. The van der Waals surface area contributed by atoms with Crippen molar-refractivity contribution >= 4 is 5.91 Å². The SMILES string of the molecule is O=C(C1CC1)N1CC(c2nc(-c3ccccn3)no2)C1. The van der Waals surface area contributed by atoms with Crippen LogP contribution in [0.2, 0.25) is 0 Å². The molecule has 1 aliphatic carbocycles. The zero-order chi connectivity index (χ0) is 13.5. The molecule has 1 saturated heterocycles. The lowest BCUT2D eigenvalue weighted by Crippen LogP contribution is -2.49. The predicted octanol–water partition coefficient (Wildman–Crippen LogP) is 1.47. The largest absolute Gasteiger partial charge is 0.341 e. The predicted molar refractivity (Wildman–Crippen MR) is 69.6 cm³/mol. The standard InChI is InChI=1S/C14H14N4O2/c19-14(9-4-5-9)18-7-10(8-18)13-16-12(17-20-13)11-3-1-2-6-15-11/h1-3,6,9-10H,4-5,7-8H2. The molecule has 6 heteroatoms. The maximum atomic E-state index is 11.8. The number of likely N-dealkylation sites (tertiary alicyclic amines) is 1. The van der Waals surface area contributed by atoms with Crippen molar-refractivity contribution in [1.82, 2.24) is 20.0 Å². The highest BCUT2D eigenvalue weighted by Crippen LogP contribution is 2.35. The summed E-state index contributed by atoms with van der Waals surface area (Å²) in [7, 11) is 0. The molecular weight excluding hydrogens is 256 g/mol. The van der Waals surface area contributed by atoms with Gasteiger partial charge in [0, 0.05) is 25.2 Å². The third-order valence-corrected chi connectivity index (χ3v) is 3.80. The van der Waals surface area contributed by atoms with Crippen LogP contribution >= 0.6 is 0 Å². The molecule has 1 saturated carbocycles.